The molecule has 0 saturated carbocycles. The normalized spacial score (nSPS) is 15.9. The van der Waals surface area contributed by atoms with Gasteiger partial charge in [-0.2, -0.15) is 0 Å². The minimum atomic E-state index is -0.618. The first-order chi connectivity index (χ1) is 13.8. The van der Waals surface area contributed by atoms with Gasteiger partial charge in [0.15, 0.2) is 0 Å². The highest BCUT2D eigenvalue weighted by Gasteiger charge is 2.37. The third-order valence-electron chi connectivity index (χ3n) is 4.83. The summed E-state index contributed by atoms with van der Waals surface area (Å²) < 4.78 is 10.9. The number of nitrogens with zero attached hydrogens (tertiary/aromatic N) is 1. The Kier molecular flexibility index (Phi) is 6.11. The number of ether oxygens (including phenoxy) is 1. The third-order valence-corrected chi connectivity index (χ3v) is 4.83. The standard InChI is InChI=1S/C23H28N2O4/c1-16(2)9-11-25-19-13-18(24-21(26)8-5-17-10-12-28-14-17)6-7-20(19)29-15-23(3,4)22(25)27/h5-8,10,12-14,16H,9,11,15H2,1-4H3,(H,24,26). The Hall–Kier alpha value is -3.02. The second-order valence-electron chi connectivity index (χ2n) is 8.37. The van der Waals surface area contributed by atoms with Gasteiger partial charge in [0.05, 0.1) is 23.6 Å². The topological polar surface area (TPSA) is 71.8 Å². The molecule has 154 valence electrons. The molecule has 1 aromatic heterocycles. The molecule has 1 aromatic carbocycles. The van der Waals surface area contributed by atoms with E-state index in [-0.39, 0.29) is 11.8 Å². The number of fused-ring (bicyclic) bond motifs is 1. The molecule has 0 spiro atoms. The zero-order chi connectivity index (χ0) is 21.0. The van der Waals surface area contributed by atoms with Crippen LogP contribution in [0.3, 0.4) is 0 Å². The first-order valence-electron chi connectivity index (χ1n) is 9.86. The summed E-state index contributed by atoms with van der Waals surface area (Å²) in [5.74, 6) is 0.885. The van der Waals surface area contributed by atoms with Gasteiger partial charge in [0, 0.05) is 23.9 Å². The molecule has 0 fully saturated rings. The van der Waals surface area contributed by atoms with Crippen LogP contribution >= 0.6 is 0 Å². The maximum Gasteiger partial charge on any atom is 0.248 e. The summed E-state index contributed by atoms with van der Waals surface area (Å²) >= 11 is 0. The molecule has 0 unspecified atom stereocenters. The lowest BCUT2D eigenvalue weighted by molar-refractivity contribution is -0.127. The molecule has 0 atom stereocenters. The molecule has 2 amide bonds. The minimum absolute atomic E-state index is 0.0280. The molecule has 0 radical (unpaired) electrons. The van der Waals surface area contributed by atoms with Gasteiger partial charge in [-0.05, 0) is 56.5 Å². The van der Waals surface area contributed by atoms with Gasteiger partial charge in [-0.3, -0.25) is 9.59 Å². The van der Waals surface area contributed by atoms with Gasteiger partial charge < -0.3 is 19.4 Å². The molecule has 6 nitrogen and oxygen atoms in total. The van der Waals surface area contributed by atoms with Crippen LogP contribution in [-0.4, -0.2) is 25.0 Å². The molecule has 1 N–H and O–H groups in total. The number of hydrogen-bond acceptors (Lipinski definition) is 4. The Bertz CT molecular complexity index is 898. The van der Waals surface area contributed by atoms with E-state index in [2.05, 4.69) is 19.2 Å². The van der Waals surface area contributed by atoms with E-state index >= 15 is 0 Å². The number of nitrogens with one attached hydrogen (secondary N) is 1. The molecule has 2 heterocycles. The van der Waals surface area contributed by atoms with Crippen LogP contribution in [0.4, 0.5) is 11.4 Å². The maximum atomic E-state index is 13.1. The van der Waals surface area contributed by atoms with Crippen LogP contribution in [0.1, 0.15) is 39.7 Å². The van der Waals surface area contributed by atoms with Gasteiger partial charge in [-0.1, -0.05) is 13.8 Å². The Morgan fingerprint density at radius 2 is 2.10 bits per heavy atom. The van der Waals surface area contributed by atoms with Crippen molar-refractivity contribution in [1.82, 2.24) is 0 Å². The largest absolute Gasteiger partial charge is 0.490 e. The highest BCUT2D eigenvalue weighted by Crippen LogP contribution is 2.38. The number of benzene rings is 1. The second kappa shape index (κ2) is 8.55. The fraction of sp³-hybridized carbons (Fsp3) is 0.391. The lowest BCUT2D eigenvalue weighted by atomic mass is 9.92. The highest BCUT2D eigenvalue weighted by molar-refractivity contribution is 6.03. The minimum Gasteiger partial charge on any atom is -0.490 e. The van der Waals surface area contributed by atoms with Gasteiger partial charge in [0.25, 0.3) is 0 Å². The zero-order valence-corrected chi connectivity index (χ0v) is 17.4. The Morgan fingerprint density at radius 1 is 1.31 bits per heavy atom. The number of amides is 2. The van der Waals surface area contributed by atoms with Crippen molar-refractivity contribution in [3.63, 3.8) is 0 Å². The van der Waals surface area contributed by atoms with E-state index < -0.39 is 5.41 Å². The molecule has 1 aliphatic rings. The van der Waals surface area contributed by atoms with Gasteiger partial charge in [0.2, 0.25) is 11.8 Å². The van der Waals surface area contributed by atoms with E-state index in [4.69, 9.17) is 9.15 Å². The molecular weight excluding hydrogens is 368 g/mol. The monoisotopic (exact) mass is 396 g/mol. The van der Waals surface area contributed by atoms with E-state index in [1.54, 1.807) is 41.7 Å². The van der Waals surface area contributed by atoms with Crippen LogP contribution < -0.4 is 15.0 Å². The summed E-state index contributed by atoms with van der Waals surface area (Å²) in [5, 5.41) is 2.85. The van der Waals surface area contributed by atoms with Crippen molar-refractivity contribution in [3.8, 4) is 5.75 Å². The Morgan fingerprint density at radius 3 is 2.79 bits per heavy atom. The molecule has 0 bridgehead atoms. The first kappa shape index (κ1) is 20.7. The molecule has 2 aromatic rings. The van der Waals surface area contributed by atoms with Gasteiger partial charge in [-0.25, -0.2) is 0 Å². The van der Waals surface area contributed by atoms with E-state index in [1.165, 1.54) is 6.08 Å². The lowest BCUT2D eigenvalue weighted by Gasteiger charge is -2.28. The Labute approximate surface area is 171 Å². The van der Waals surface area contributed by atoms with Gasteiger partial charge in [0.1, 0.15) is 12.4 Å². The number of carbonyl (C=O) groups excluding carboxylic acids is 2. The van der Waals surface area contributed by atoms with E-state index in [0.717, 1.165) is 12.0 Å². The fourth-order valence-corrected chi connectivity index (χ4v) is 3.06. The second-order valence-corrected chi connectivity index (χ2v) is 8.37. The van der Waals surface area contributed by atoms with Crippen LogP contribution in [-0.2, 0) is 9.59 Å². The molecule has 6 heteroatoms. The quantitative estimate of drug-likeness (QED) is 0.717. The van der Waals surface area contributed by atoms with E-state index in [0.29, 0.717) is 36.2 Å². The summed E-state index contributed by atoms with van der Waals surface area (Å²) in [4.78, 5) is 27.2. The molecule has 3 rings (SSSR count). The highest BCUT2D eigenvalue weighted by atomic mass is 16.5. The fourth-order valence-electron chi connectivity index (χ4n) is 3.06. The summed E-state index contributed by atoms with van der Waals surface area (Å²) in [7, 11) is 0. The van der Waals surface area contributed by atoms with Crippen LogP contribution in [0.2, 0.25) is 0 Å². The van der Waals surface area contributed by atoms with Gasteiger partial charge >= 0.3 is 0 Å². The van der Waals surface area contributed by atoms with Crippen molar-refractivity contribution in [1.29, 1.82) is 0 Å². The van der Waals surface area contributed by atoms with Gasteiger partial charge in [-0.15, -0.1) is 0 Å². The summed E-state index contributed by atoms with van der Waals surface area (Å²) in [5.41, 5.74) is 1.49. The molecule has 0 saturated heterocycles. The molecule has 0 aliphatic carbocycles. The lowest BCUT2D eigenvalue weighted by Crippen LogP contribution is -2.42. The summed E-state index contributed by atoms with van der Waals surface area (Å²) in [6.45, 7) is 8.98. The van der Waals surface area contributed by atoms with Crippen LogP contribution in [0.5, 0.6) is 5.75 Å². The van der Waals surface area contributed by atoms with Crippen molar-refractivity contribution in [2.24, 2.45) is 11.3 Å². The number of hydrogen-bond donors (Lipinski definition) is 1. The van der Waals surface area contributed by atoms with Crippen molar-refractivity contribution in [2.75, 3.05) is 23.4 Å². The number of rotatable bonds is 6. The zero-order valence-electron chi connectivity index (χ0n) is 17.4. The first-order valence-corrected chi connectivity index (χ1v) is 9.86. The van der Waals surface area contributed by atoms with Crippen LogP contribution in [0.15, 0.2) is 47.3 Å². The number of carbonyl (C=O) groups is 2. The number of furan rings is 1. The van der Waals surface area contributed by atoms with Crippen molar-refractivity contribution >= 4 is 29.3 Å². The van der Waals surface area contributed by atoms with E-state index in [1.807, 2.05) is 19.9 Å². The maximum absolute atomic E-state index is 13.1. The summed E-state index contributed by atoms with van der Waals surface area (Å²) in [6, 6.07) is 7.16. The predicted octanol–water partition coefficient (Wildman–Crippen LogP) is 4.73. The van der Waals surface area contributed by atoms with Crippen molar-refractivity contribution < 1.29 is 18.7 Å². The molecular formula is C23H28N2O4. The van der Waals surface area contributed by atoms with Crippen LogP contribution in [0.25, 0.3) is 6.08 Å². The Balaban J connectivity index is 1.84. The predicted molar refractivity (Wildman–Crippen MR) is 114 cm³/mol. The average molecular weight is 396 g/mol. The molecule has 29 heavy (non-hydrogen) atoms. The van der Waals surface area contributed by atoms with Crippen molar-refractivity contribution in [3.05, 3.63) is 48.4 Å². The van der Waals surface area contributed by atoms with E-state index in [9.17, 15) is 9.59 Å². The molecule has 1 aliphatic heterocycles. The van der Waals surface area contributed by atoms with Crippen molar-refractivity contribution in [2.45, 2.75) is 34.1 Å². The SMILES string of the molecule is CC(C)CCN1C(=O)C(C)(C)COc2ccc(NC(=O)C=Cc3ccoc3)cc21. The smallest absolute Gasteiger partial charge is 0.248 e. The summed E-state index contributed by atoms with van der Waals surface area (Å²) in [6.07, 6.45) is 7.10. The number of anilines is 2. The van der Waals surface area contributed by atoms with Crippen LogP contribution in [0, 0.1) is 11.3 Å². The average Bonchev–Trinajstić information content (AvgIpc) is 3.16. The third kappa shape index (κ3) is 5.08.